The second-order valence-corrected chi connectivity index (χ2v) is 4.89. The van der Waals surface area contributed by atoms with Crippen LogP contribution in [0.1, 0.15) is 25.7 Å². The molecule has 0 aliphatic carbocycles. The van der Waals surface area contributed by atoms with Crippen molar-refractivity contribution in [3.63, 3.8) is 0 Å². The predicted molar refractivity (Wildman–Crippen MR) is 79.0 cm³/mol. The van der Waals surface area contributed by atoms with Gasteiger partial charge in [0.2, 0.25) is 11.7 Å². The first-order valence-electron chi connectivity index (χ1n) is 7.06. The first-order chi connectivity index (χ1) is 10.6. The van der Waals surface area contributed by atoms with E-state index in [-0.39, 0.29) is 11.8 Å². The molecule has 0 aliphatic rings. The van der Waals surface area contributed by atoms with Crippen LogP contribution in [-0.2, 0) is 6.54 Å². The molecule has 1 aromatic carbocycles. The molecule has 0 amide bonds. The van der Waals surface area contributed by atoms with Crippen LogP contribution in [0.3, 0.4) is 0 Å². The molecule has 0 radical (unpaired) electrons. The minimum absolute atomic E-state index is 0.0130. The SMILES string of the molecule is CCC[C@@H](O)CNCc1nc(-c2ccc([N+](=O)[O-])cc2)no1. The minimum atomic E-state index is -0.461. The maximum atomic E-state index is 10.6. The fourth-order valence-electron chi connectivity index (χ4n) is 1.96. The average molecular weight is 306 g/mol. The van der Waals surface area contributed by atoms with Crippen LogP contribution in [0.25, 0.3) is 11.4 Å². The van der Waals surface area contributed by atoms with Crippen LogP contribution in [0.5, 0.6) is 0 Å². The first kappa shape index (κ1) is 16.1. The van der Waals surface area contributed by atoms with Crippen molar-refractivity contribution in [1.29, 1.82) is 0 Å². The van der Waals surface area contributed by atoms with Crippen molar-refractivity contribution in [2.45, 2.75) is 32.4 Å². The molecule has 0 fully saturated rings. The van der Waals surface area contributed by atoms with Gasteiger partial charge in [0, 0.05) is 24.2 Å². The molecule has 2 rings (SSSR count). The Kier molecular flexibility index (Phi) is 5.56. The van der Waals surface area contributed by atoms with E-state index in [2.05, 4.69) is 15.5 Å². The van der Waals surface area contributed by atoms with E-state index < -0.39 is 4.92 Å². The number of aromatic nitrogens is 2. The highest BCUT2D eigenvalue weighted by molar-refractivity contribution is 5.56. The summed E-state index contributed by atoms with van der Waals surface area (Å²) in [6.45, 7) is 2.83. The van der Waals surface area contributed by atoms with Crippen LogP contribution >= 0.6 is 0 Å². The predicted octanol–water partition coefficient (Wildman–Crippen LogP) is 1.90. The third kappa shape index (κ3) is 4.34. The fraction of sp³-hybridized carbons (Fsp3) is 0.429. The maximum absolute atomic E-state index is 10.6. The highest BCUT2D eigenvalue weighted by atomic mass is 16.6. The molecule has 0 bridgehead atoms. The van der Waals surface area contributed by atoms with Crippen LogP contribution in [0.2, 0.25) is 0 Å². The van der Waals surface area contributed by atoms with Gasteiger partial charge in [-0.15, -0.1) is 0 Å². The van der Waals surface area contributed by atoms with Crippen molar-refractivity contribution in [2.24, 2.45) is 0 Å². The number of hydrogen-bond acceptors (Lipinski definition) is 7. The van der Waals surface area contributed by atoms with Crippen molar-refractivity contribution < 1.29 is 14.6 Å². The minimum Gasteiger partial charge on any atom is -0.392 e. The second kappa shape index (κ2) is 7.62. The lowest BCUT2D eigenvalue weighted by molar-refractivity contribution is -0.384. The number of nitro benzene ring substituents is 1. The summed E-state index contributed by atoms with van der Waals surface area (Å²) in [7, 11) is 0. The quantitative estimate of drug-likeness (QED) is 0.565. The number of benzene rings is 1. The molecule has 8 nitrogen and oxygen atoms in total. The van der Waals surface area contributed by atoms with Crippen LogP contribution < -0.4 is 5.32 Å². The number of non-ortho nitro benzene ring substituents is 1. The topological polar surface area (TPSA) is 114 Å². The first-order valence-corrected chi connectivity index (χ1v) is 7.06. The third-order valence-corrected chi connectivity index (χ3v) is 3.08. The molecule has 118 valence electrons. The Labute approximate surface area is 127 Å². The van der Waals surface area contributed by atoms with Crippen molar-refractivity contribution >= 4 is 5.69 Å². The van der Waals surface area contributed by atoms with Gasteiger partial charge in [0.25, 0.3) is 5.69 Å². The zero-order chi connectivity index (χ0) is 15.9. The van der Waals surface area contributed by atoms with Crippen molar-refractivity contribution in [3.8, 4) is 11.4 Å². The van der Waals surface area contributed by atoms with Crippen molar-refractivity contribution in [3.05, 3.63) is 40.3 Å². The zero-order valence-corrected chi connectivity index (χ0v) is 12.2. The van der Waals surface area contributed by atoms with Gasteiger partial charge in [-0.05, 0) is 18.6 Å². The number of nitrogens with one attached hydrogen (secondary N) is 1. The molecule has 0 spiro atoms. The number of nitro groups is 1. The van der Waals surface area contributed by atoms with Gasteiger partial charge in [0.15, 0.2) is 0 Å². The van der Waals surface area contributed by atoms with Crippen molar-refractivity contribution in [1.82, 2.24) is 15.5 Å². The highest BCUT2D eigenvalue weighted by Crippen LogP contribution is 2.19. The molecule has 0 aliphatic heterocycles. The normalized spacial score (nSPS) is 12.3. The molecule has 1 atom stereocenters. The van der Waals surface area contributed by atoms with Gasteiger partial charge in [-0.3, -0.25) is 10.1 Å². The summed E-state index contributed by atoms with van der Waals surface area (Å²) in [5, 5.41) is 27.1. The molecule has 1 aromatic heterocycles. The van der Waals surface area contributed by atoms with Crippen LogP contribution in [0, 0.1) is 10.1 Å². The van der Waals surface area contributed by atoms with E-state index in [1.165, 1.54) is 12.1 Å². The average Bonchev–Trinajstić information content (AvgIpc) is 2.96. The summed E-state index contributed by atoms with van der Waals surface area (Å²) in [4.78, 5) is 14.3. The Morgan fingerprint density at radius 1 is 1.41 bits per heavy atom. The Bertz CT molecular complexity index is 612. The van der Waals surface area contributed by atoms with E-state index in [0.29, 0.717) is 30.4 Å². The van der Waals surface area contributed by atoms with E-state index >= 15 is 0 Å². The van der Waals surface area contributed by atoms with Crippen LogP contribution in [-0.4, -0.2) is 32.8 Å². The monoisotopic (exact) mass is 306 g/mol. The highest BCUT2D eigenvalue weighted by Gasteiger charge is 2.11. The molecular formula is C14H18N4O4. The van der Waals surface area contributed by atoms with E-state index in [1.54, 1.807) is 12.1 Å². The standard InChI is InChI=1S/C14H18N4O4/c1-2-3-12(19)8-15-9-13-16-14(17-22-13)10-4-6-11(7-5-10)18(20)21/h4-7,12,15,19H,2-3,8-9H2,1H3/t12-/m1/s1. The molecule has 2 N–H and O–H groups in total. The summed E-state index contributed by atoms with van der Waals surface area (Å²) in [5.74, 6) is 0.776. The Balaban J connectivity index is 1.92. The maximum Gasteiger partial charge on any atom is 0.269 e. The van der Waals surface area contributed by atoms with Gasteiger partial charge < -0.3 is 14.9 Å². The summed E-state index contributed by atoms with van der Waals surface area (Å²) >= 11 is 0. The van der Waals surface area contributed by atoms with Gasteiger partial charge in [-0.25, -0.2) is 0 Å². The Hall–Kier alpha value is -2.32. The molecular weight excluding hydrogens is 288 g/mol. The smallest absolute Gasteiger partial charge is 0.269 e. The molecule has 0 unspecified atom stereocenters. The third-order valence-electron chi connectivity index (χ3n) is 3.08. The van der Waals surface area contributed by atoms with Crippen LogP contribution in [0.4, 0.5) is 5.69 Å². The van der Waals surface area contributed by atoms with E-state index in [4.69, 9.17) is 4.52 Å². The van der Waals surface area contributed by atoms with Gasteiger partial charge >= 0.3 is 0 Å². The zero-order valence-electron chi connectivity index (χ0n) is 12.2. The molecule has 0 saturated heterocycles. The molecule has 0 saturated carbocycles. The Morgan fingerprint density at radius 2 is 2.14 bits per heavy atom. The summed E-state index contributed by atoms with van der Waals surface area (Å²) in [6.07, 6.45) is 1.28. The van der Waals surface area contributed by atoms with E-state index in [9.17, 15) is 15.2 Å². The summed E-state index contributed by atoms with van der Waals surface area (Å²) in [5.41, 5.74) is 0.658. The van der Waals surface area contributed by atoms with Crippen molar-refractivity contribution in [2.75, 3.05) is 6.54 Å². The summed E-state index contributed by atoms with van der Waals surface area (Å²) < 4.78 is 5.10. The van der Waals surface area contributed by atoms with Crippen LogP contribution in [0.15, 0.2) is 28.8 Å². The number of rotatable bonds is 8. The van der Waals surface area contributed by atoms with E-state index in [1.807, 2.05) is 6.92 Å². The lowest BCUT2D eigenvalue weighted by atomic mass is 10.2. The second-order valence-electron chi connectivity index (χ2n) is 4.89. The molecule has 2 aromatic rings. The summed E-state index contributed by atoms with van der Waals surface area (Å²) in [6, 6.07) is 5.94. The number of aliphatic hydroxyl groups is 1. The molecule has 1 heterocycles. The van der Waals surface area contributed by atoms with Gasteiger partial charge in [-0.2, -0.15) is 4.98 Å². The lowest BCUT2D eigenvalue weighted by Crippen LogP contribution is -2.26. The van der Waals surface area contributed by atoms with Gasteiger partial charge in [0.1, 0.15) is 0 Å². The number of nitrogens with zero attached hydrogens (tertiary/aromatic N) is 3. The van der Waals surface area contributed by atoms with E-state index in [0.717, 1.165) is 12.8 Å². The fourth-order valence-corrected chi connectivity index (χ4v) is 1.96. The van der Waals surface area contributed by atoms with Gasteiger partial charge in [-0.1, -0.05) is 18.5 Å². The van der Waals surface area contributed by atoms with Gasteiger partial charge in [0.05, 0.1) is 17.6 Å². The largest absolute Gasteiger partial charge is 0.392 e. The lowest BCUT2D eigenvalue weighted by Gasteiger charge is -2.08. The number of hydrogen-bond donors (Lipinski definition) is 2. The Morgan fingerprint density at radius 3 is 2.77 bits per heavy atom. The number of aliphatic hydroxyl groups excluding tert-OH is 1. The molecule has 22 heavy (non-hydrogen) atoms. The molecule has 8 heteroatoms.